The predicted molar refractivity (Wildman–Crippen MR) is 101 cm³/mol. The number of rotatable bonds is 6. The predicted octanol–water partition coefficient (Wildman–Crippen LogP) is 2.67. The second-order valence-corrected chi connectivity index (χ2v) is 9.00. The molecule has 2 aromatic carbocycles. The molecule has 0 radical (unpaired) electrons. The van der Waals surface area contributed by atoms with Crippen LogP contribution in [0.5, 0.6) is 0 Å². The van der Waals surface area contributed by atoms with E-state index in [0.29, 0.717) is 18.9 Å². The topological polar surface area (TPSA) is 66.5 Å². The van der Waals surface area contributed by atoms with Crippen molar-refractivity contribution in [3.8, 4) is 0 Å². The Bertz CT molecular complexity index is 890. The Morgan fingerprint density at radius 1 is 1.12 bits per heavy atom. The molecule has 0 aromatic heterocycles. The summed E-state index contributed by atoms with van der Waals surface area (Å²) in [7, 11) is -0.414. The molecule has 1 N–H and O–H groups in total. The summed E-state index contributed by atoms with van der Waals surface area (Å²) in [6, 6.07) is 14.9. The smallest absolute Gasteiger partial charge is 0.242 e. The average Bonchev–Trinajstić information content (AvgIpc) is 3.03. The van der Waals surface area contributed by atoms with Gasteiger partial charge >= 0.3 is 0 Å². The molecule has 0 saturated heterocycles. The maximum atomic E-state index is 12.3. The Hall–Kier alpha value is -2.18. The molecular weight excluding hydrogens is 348 g/mol. The van der Waals surface area contributed by atoms with Gasteiger partial charge in [-0.15, -0.1) is 0 Å². The van der Waals surface area contributed by atoms with Crippen LogP contribution >= 0.6 is 0 Å². The highest BCUT2D eigenvalue weighted by Crippen LogP contribution is 2.35. The highest BCUT2D eigenvalue weighted by Gasteiger charge is 2.24. The minimum absolute atomic E-state index is 0.0247. The zero-order chi connectivity index (χ0) is 18.7. The van der Waals surface area contributed by atoms with Gasteiger partial charge in [0.15, 0.2) is 0 Å². The van der Waals surface area contributed by atoms with E-state index in [0.717, 1.165) is 18.4 Å². The highest BCUT2D eigenvalue weighted by molar-refractivity contribution is 7.89. The largest absolute Gasteiger partial charge is 0.352 e. The fourth-order valence-electron chi connectivity index (χ4n) is 3.34. The number of carbonyl (C=O) groups is 1. The Labute approximate surface area is 155 Å². The third-order valence-corrected chi connectivity index (χ3v) is 6.71. The Balaban J connectivity index is 1.56. The Kier molecular flexibility index (Phi) is 5.44. The second kappa shape index (κ2) is 7.60. The lowest BCUT2D eigenvalue weighted by Crippen LogP contribution is -2.24. The fourth-order valence-corrected chi connectivity index (χ4v) is 4.25. The van der Waals surface area contributed by atoms with Crippen molar-refractivity contribution in [2.75, 3.05) is 14.1 Å². The first-order valence-electron chi connectivity index (χ1n) is 8.74. The number of sulfonamides is 1. The van der Waals surface area contributed by atoms with Crippen LogP contribution in [-0.4, -0.2) is 32.7 Å². The van der Waals surface area contributed by atoms with Crippen molar-refractivity contribution in [3.05, 3.63) is 65.2 Å². The number of carbonyl (C=O) groups excluding carboxylic acids is 1. The Morgan fingerprint density at radius 3 is 2.50 bits per heavy atom. The zero-order valence-electron chi connectivity index (χ0n) is 15.1. The lowest BCUT2D eigenvalue weighted by atomic mass is 9.97. The number of aryl methyl sites for hydroxylation is 1. The molecule has 1 aliphatic rings. The minimum atomic E-state index is -3.42. The molecule has 0 unspecified atom stereocenters. The van der Waals surface area contributed by atoms with Crippen molar-refractivity contribution in [1.29, 1.82) is 0 Å². The van der Waals surface area contributed by atoms with Gasteiger partial charge in [0.2, 0.25) is 15.9 Å². The lowest BCUT2D eigenvalue weighted by molar-refractivity contribution is -0.121. The van der Waals surface area contributed by atoms with E-state index in [9.17, 15) is 13.2 Å². The third-order valence-electron chi connectivity index (χ3n) is 4.88. The number of nitrogens with one attached hydrogen (secondary N) is 1. The van der Waals surface area contributed by atoms with Crippen LogP contribution in [0.15, 0.2) is 53.4 Å². The molecule has 6 heteroatoms. The monoisotopic (exact) mass is 372 g/mol. The van der Waals surface area contributed by atoms with Crippen molar-refractivity contribution >= 4 is 15.9 Å². The summed E-state index contributed by atoms with van der Waals surface area (Å²) in [5.41, 5.74) is 3.52. The first-order chi connectivity index (χ1) is 12.4. The van der Waals surface area contributed by atoms with Crippen LogP contribution in [-0.2, 0) is 27.8 Å². The number of hydrogen-bond donors (Lipinski definition) is 1. The van der Waals surface area contributed by atoms with Crippen LogP contribution in [0.1, 0.15) is 35.4 Å². The van der Waals surface area contributed by atoms with Crippen LogP contribution < -0.4 is 5.32 Å². The molecule has 0 aliphatic heterocycles. The minimum Gasteiger partial charge on any atom is -0.352 e. The number of amides is 1. The summed E-state index contributed by atoms with van der Waals surface area (Å²) >= 11 is 0. The molecule has 0 bridgehead atoms. The van der Waals surface area contributed by atoms with E-state index in [1.54, 1.807) is 24.3 Å². The van der Waals surface area contributed by atoms with E-state index in [-0.39, 0.29) is 10.8 Å². The van der Waals surface area contributed by atoms with Crippen LogP contribution in [0.4, 0.5) is 0 Å². The van der Waals surface area contributed by atoms with E-state index >= 15 is 0 Å². The molecule has 0 spiro atoms. The highest BCUT2D eigenvalue weighted by atomic mass is 32.2. The van der Waals surface area contributed by atoms with Crippen molar-refractivity contribution in [3.63, 3.8) is 0 Å². The first kappa shape index (κ1) is 18.6. The summed E-state index contributed by atoms with van der Waals surface area (Å²) in [4.78, 5) is 12.5. The SMILES string of the molecule is CN(C)S(=O)(=O)c1ccc(CNC(=O)C[C@H]2CCc3ccccc32)cc1. The summed E-state index contributed by atoms with van der Waals surface area (Å²) in [6.07, 6.45) is 2.55. The number of benzene rings is 2. The summed E-state index contributed by atoms with van der Waals surface area (Å²) < 4.78 is 25.3. The molecule has 138 valence electrons. The standard InChI is InChI=1S/C20H24N2O3S/c1-22(2)26(24,25)18-11-7-15(8-12-18)14-21-20(23)13-17-10-9-16-5-3-4-6-19(16)17/h3-8,11-12,17H,9-10,13-14H2,1-2H3,(H,21,23)/t17-/m1/s1. The molecule has 1 amide bonds. The van der Waals surface area contributed by atoms with Crippen molar-refractivity contribution < 1.29 is 13.2 Å². The van der Waals surface area contributed by atoms with Gasteiger partial charge in [-0.1, -0.05) is 36.4 Å². The molecule has 2 aromatic rings. The number of nitrogens with zero attached hydrogens (tertiary/aromatic N) is 1. The van der Waals surface area contributed by atoms with Gasteiger partial charge in [-0.3, -0.25) is 4.79 Å². The number of fused-ring (bicyclic) bond motifs is 1. The van der Waals surface area contributed by atoms with Crippen molar-refractivity contribution in [2.45, 2.75) is 36.6 Å². The van der Waals surface area contributed by atoms with Gasteiger partial charge in [0.05, 0.1) is 4.90 Å². The summed E-state index contributed by atoms with van der Waals surface area (Å²) in [5, 5.41) is 2.94. The molecule has 0 saturated carbocycles. The van der Waals surface area contributed by atoms with E-state index in [2.05, 4.69) is 17.4 Å². The molecular formula is C20H24N2O3S. The molecule has 1 aliphatic carbocycles. The molecule has 0 heterocycles. The fraction of sp³-hybridized carbons (Fsp3) is 0.350. The second-order valence-electron chi connectivity index (χ2n) is 6.85. The molecule has 0 fully saturated rings. The van der Waals surface area contributed by atoms with Crippen molar-refractivity contribution in [2.24, 2.45) is 0 Å². The first-order valence-corrected chi connectivity index (χ1v) is 10.2. The van der Waals surface area contributed by atoms with Gasteiger partial charge in [0.1, 0.15) is 0 Å². The zero-order valence-corrected chi connectivity index (χ0v) is 15.9. The van der Waals surface area contributed by atoms with Gasteiger partial charge in [-0.05, 0) is 47.6 Å². The normalized spacial score (nSPS) is 16.5. The van der Waals surface area contributed by atoms with Gasteiger partial charge in [-0.2, -0.15) is 0 Å². The van der Waals surface area contributed by atoms with Crippen LogP contribution in [0, 0.1) is 0 Å². The van der Waals surface area contributed by atoms with Crippen LogP contribution in [0.25, 0.3) is 0 Å². The van der Waals surface area contributed by atoms with Gasteiger partial charge in [0.25, 0.3) is 0 Å². The van der Waals surface area contributed by atoms with Crippen LogP contribution in [0.3, 0.4) is 0 Å². The summed E-state index contributed by atoms with van der Waals surface area (Å²) in [6.45, 7) is 0.398. The quantitative estimate of drug-likeness (QED) is 0.848. The molecule has 1 atom stereocenters. The summed E-state index contributed by atoms with van der Waals surface area (Å²) in [5.74, 6) is 0.315. The third kappa shape index (κ3) is 3.97. The maximum Gasteiger partial charge on any atom is 0.242 e. The van der Waals surface area contributed by atoms with E-state index in [1.165, 1.54) is 29.5 Å². The lowest BCUT2D eigenvalue weighted by Gasteiger charge is -2.13. The molecule has 26 heavy (non-hydrogen) atoms. The molecule has 5 nitrogen and oxygen atoms in total. The average molecular weight is 372 g/mol. The van der Waals surface area contributed by atoms with Gasteiger partial charge < -0.3 is 5.32 Å². The van der Waals surface area contributed by atoms with E-state index < -0.39 is 10.0 Å². The maximum absolute atomic E-state index is 12.3. The Morgan fingerprint density at radius 2 is 1.81 bits per heavy atom. The van der Waals surface area contributed by atoms with E-state index in [4.69, 9.17) is 0 Å². The number of hydrogen-bond acceptors (Lipinski definition) is 3. The van der Waals surface area contributed by atoms with Gasteiger partial charge in [0, 0.05) is 27.1 Å². The molecule has 3 rings (SSSR count). The van der Waals surface area contributed by atoms with Crippen molar-refractivity contribution in [1.82, 2.24) is 9.62 Å². The van der Waals surface area contributed by atoms with Gasteiger partial charge in [-0.25, -0.2) is 12.7 Å². The van der Waals surface area contributed by atoms with Crippen LogP contribution in [0.2, 0.25) is 0 Å². The van der Waals surface area contributed by atoms with E-state index in [1.807, 2.05) is 12.1 Å².